The van der Waals surface area contributed by atoms with Crippen LogP contribution in [0.15, 0.2) is 42.6 Å². The van der Waals surface area contributed by atoms with Crippen molar-refractivity contribution in [3.63, 3.8) is 0 Å². The van der Waals surface area contributed by atoms with E-state index in [2.05, 4.69) is 10.3 Å². The Kier molecular flexibility index (Phi) is 4.71. The highest BCUT2D eigenvalue weighted by atomic mass is 32.2. The molecule has 0 saturated carbocycles. The van der Waals surface area contributed by atoms with E-state index < -0.39 is 9.84 Å². The van der Waals surface area contributed by atoms with Crippen LogP contribution in [-0.4, -0.2) is 48.8 Å². The topological polar surface area (TPSA) is 79.4 Å². The third-order valence-electron chi connectivity index (χ3n) is 4.17. The molecule has 1 aromatic heterocycles. The lowest BCUT2D eigenvalue weighted by molar-refractivity contribution is 0.0742. The molecule has 1 fully saturated rings. The largest absolute Gasteiger partial charge is 0.354 e. The fourth-order valence-corrected chi connectivity index (χ4v) is 4.53. The number of carbonyl (C=O) groups is 1. The van der Waals surface area contributed by atoms with Gasteiger partial charge >= 0.3 is 0 Å². The van der Waals surface area contributed by atoms with Crippen LogP contribution in [0, 0.1) is 5.82 Å². The maximum absolute atomic E-state index is 13.2. The highest BCUT2D eigenvalue weighted by Gasteiger charge is 2.33. The summed E-state index contributed by atoms with van der Waals surface area (Å²) in [5.74, 6) is -0.564. The Morgan fingerprint density at radius 1 is 1.28 bits per heavy atom. The Labute approximate surface area is 145 Å². The molecule has 25 heavy (non-hydrogen) atoms. The molecule has 0 bridgehead atoms. The number of halogens is 1. The van der Waals surface area contributed by atoms with Gasteiger partial charge in [-0.05, 0) is 36.8 Å². The van der Waals surface area contributed by atoms with Gasteiger partial charge in [-0.2, -0.15) is 0 Å². The molecule has 0 spiro atoms. The van der Waals surface area contributed by atoms with Crippen LogP contribution in [0.3, 0.4) is 0 Å². The van der Waals surface area contributed by atoms with Gasteiger partial charge in [-0.1, -0.05) is 6.07 Å². The molecule has 3 rings (SSSR count). The number of amides is 1. The number of anilines is 2. The Bertz CT molecular complexity index is 884. The van der Waals surface area contributed by atoms with Crippen LogP contribution >= 0.6 is 0 Å². The molecular weight excluding hydrogens is 345 g/mol. The summed E-state index contributed by atoms with van der Waals surface area (Å²) in [7, 11) is -1.46. The number of carbonyl (C=O) groups excluding carboxylic acids is 1. The first kappa shape index (κ1) is 17.3. The molecule has 1 N–H and O–H groups in total. The molecular formula is C17H18FN3O3S. The molecule has 6 nitrogen and oxygen atoms in total. The first-order chi connectivity index (χ1) is 11.8. The van der Waals surface area contributed by atoms with E-state index in [0.29, 0.717) is 17.8 Å². The van der Waals surface area contributed by atoms with Gasteiger partial charge in [0.05, 0.1) is 23.4 Å². The van der Waals surface area contributed by atoms with E-state index in [4.69, 9.17) is 0 Å². The number of aromatic nitrogens is 1. The summed E-state index contributed by atoms with van der Waals surface area (Å²) in [5.41, 5.74) is 1.43. The van der Waals surface area contributed by atoms with E-state index in [-0.39, 0.29) is 35.0 Å². The van der Waals surface area contributed by atoms with Gasteiger partial charge in [0.1, 0.15) is 11.5 Å². The Hall–Kier alpha value is -2.48. The molecule has 2 heterocycles. The minimum absolute atomic E-state index is 0.00551. The fourth-order valence-electron chi connectivity index (χ4n) is 2.75. The van der Waals surface area contributed by atoms with Gasteiger partial charge in [-0.3, -0.25) is 4.79 Å². The van der Waals surface area contributed by atoms with Gasteiger partial charge in [0.2, 0.25) is 0 Å². The average Bonchev–Trinajstić information content (AvgIpc) is 2.94. The molecule has 8 heteroatoms. The summed E-state index contributed by atoms with van der Waals surface area (Å²) in [6.07, 6.45) is 1.93. The van der Waals surface area contributed by atoms with Crippen molar-refractivity contribution in [1.82, 2.24) is 9.88 Å². The summed E-state index contributed by atoms with van der Waals surface area (Å²) in [4.78, 5) is 18.0. The summed E-state index contributed by atoms with van der Waals surface area (Å²) >= 11 is 0. The zero-order valence-electron chi connectivity index (χ0n) is 13.6. The smallest absolute Gasteiger partial charge is 0.272 e. The van der Waals surface area contributed by atoms with Crippen LogP contribution in [-0.2, 0) is 9.84 Å². The number of sulfone groups is 1. The lowest BCUT2D eigenvalue weighted by atomic mass is 10.2. The Morgan fingerprint density at radius 2 is 2.08 bits per heavy atom. The number of nitrogens with one attached hydrogen (secondary N) is 1. The van der Waals surface area contributed by atoms with Gasteiger partial charge in [0.25, 0.3) is 5.91 Å². The van der Waals surface area contributed by atoms with Crippen LogP contribution in [0.1, 0.15) is 16.9 Å². The third kappa shape index (κ3) is 4.14. The van der Waals surface area contributed by atoms with Gasteiger partial charge in [-0.15, -0.1) is 0 Å². The van der Waals surface area contributed by atoms with E-state index in [9.17, 15) is 17.6 Å². The van der Waals surface area contributed by atoms with Crippen molar-refractivity contribution in [2.75, 3.05) is 23.9 Å². The van der Waals surface area contributed by atoms with Crippen molar-refractivity contribution < 1.29 is 17.6 Å². The van der Waals surface area contributed by atoms with Crippen molar-refractivity contribution in [3.8, 4) is 0 Å². The first-order valence-corrected chi connectivity index (χ1v) is 9.62. The normalized spacial score (nSPS) is 18.7. The van der Waals surface area contributed by atoms with Crippen molar-refractivity contribution >= 4 is 27.1 Å². The van der Waals surface area contributed by atoms with Crippen LogP contribution in [0.25, 0.3) is 0 Å². The fraction of sp³-hybridized carbons (Fsp3) is 0.294. The standard InChI is InChI=1S/C17H18FN3O3S/c1-21(15-7-8-25(23,24)11-15)17(22)16-6-5-14(10-19-16)20-13-4-2-3-12(18)9-13/h2-6,9-10,15,20H,7-8,11H2,1H3. The summed E-state index contributed by atoms with van der Waals surface area (Å²) in [6, 6.07) is 8.93. The van der Waals surface area contributed by atoms with Crippen molar-refractivity contribution in [2.24, 2.45) is 0 Å². The van der Waals surface area contributed by atoms with Gasteiger partial charge in [-0.25, -0.2) is 17.8 Å². The monoisotopic (exact) mass is 363 g/mol. The maximum Gasteiger partial charge on any atom is 0.272 e. The predicted molar refractivity (Wildman–Crippen MR) is 93.1 cm³/mol. The van der Waals surface area contributed by atoms with E-state index in [1.807, 2.05) is 0 Å². The maximum atomic E-state index is 13.2. The predicted octanol–water partition coefficient (Wildman–Crippen LogP) is 2.22. The zero-order chi connectivity index (χ0) is 18.0. The molecule has 2 aromatic rings. The second-order valence-corrected chi connectivity index (χ2v) is 8.27. The summed E-state index contributed by atoms with van der Waals surface area (Å²) in [6.45, 7) is 0. The summed E-state index contributed by atoms with van der Waals surface area (Å²) < 4.78 is 36.3. The average molecular weight is 363 g/mol. The molecule has 1 saturated heterocycles. The van der Waals surface area contributed by atoms with Gasteiger partial charge in [0.15, 0.2) is 9.84 Å². The molecule has 1 aliphatic heterocycles. The minimum atomic E-state index is -3.06. The van der Waals surface area contributed by atoms with Crippen LogP contribution in [0.4, 0.5) is 15.8 Å². The molecule has 1 aliphatic rings. The first-order valence-electron chi connectivity index (χ1n) is 7.80. The number of nitrogens with zero attached hydrogens (tertiary/aromatic N) is 2. The molecule has 0 radical (unpaired) electrons. The SMILES string of the molecule is CN(C(=O)c1ccc(Nc2cccc(F)c2)cn1)C1CCS(=O)(=O)C1. The number of hydrogen-bond acceptors (Lipinski definition) is 5. The van der Waals surface area contributed by atoms with Crippen LogP contribution in [0.2, 0.25) is 0 Å². The highest BCUT2D eigenvalue weighted by molar-refractivity contribution is 7.91. The van der Waals surface area contributed by atoms with E-state index in [1.54, 1.807) is 31.3 Å². The van der Waals surface area contributed by atoms with E-state index >= 15 is 0 Å². The number of pyridine rings is 1. The molecule has 1 unspecified atom stereocenters. The second-order valence-electron chi connectivity index (χ2n) is 6.04. The number of benzene rings is 1. The van der Waals surface area contributed by atoms with Crippen LogP contribution < -0.4 is 5.32 Å². The third-order valence-corrected chi connectivity index (χ3v) is 5.92. The Morgan fingerprint density at radius 3 is 2.68 bits per heavy atom. The number of rotatable bonds is 4. The van der Waals surface area contributed by atoms with Crippen molar-refractivity contribution in [1.29, 1.82) is 0 Å². The second kappa shape index (κ2) is 6.79. The van der Waals surface area contributed by atoms with E-state index in [0.717, 1.165) is 0 Å². The summed E-state index contributed by atoms with van der Waals surface area (Å²) in [5, 5.41) is 3.00. The zero-order valence-corrected chi connectivity index (χ0v) is 14.5. The molecule has 1 amide bonds. The molecule has 1 aromatic carbocycles. The lowest BCUT2D eigenvalue weighted by Gasteiger charge is -2.23. The molecule has 132 valence electrons. The quantitative estimate of drug-likeness (QED) is 0.901. The molecule has 0 aliphatic carbocycles. The minimum Gasteiger partial charge on any atom is -0.354 e. The van der Waals surface area contributed by atoms with Crippen molar-refractivity contribution in [3.05, 3.63) is 54.1 Å². The highest BCUT2D eigenvalue weighted by Crippen LogP contribution is 2.20. The van der Waals surface area contributed by atoms with Gasteiger partial charge in [0, 0.05) is 18.8 Å². The number of hydrogen-bond donors (Lipinski definition) is 1. The van der Waals surface area contributed by atoms with E-state index in [1.165, 1.54) is 23.2 Å². The van der Waals surface area contributed by atoms with Crippen LogP contribution in [0.5, 0.6) is 0 Å². The lowest BCUT2D eigenvalue weighted by Crippen LogP contribution is -2.38. The Balaban J connectivity index is 1.68. The molecule has 1 atom stereocenters. The van der Waals surface area contributed by atoms with Gasteiger partial charge < -0.3 is 10.2 Å². The van der Waals surface area contributed by atoms with Crippen molar-refractivity contribution in [2.45, 2.75) is 12.5 Å².